The molecule has 1 aliphatic heterocycles. The zero-order valence-corrected chi connectivity index (χ0v) is 15.5. The average molecular weight is 357 g/mol. The van der Waals surface area contributed by atoms with Crippen LogP contribution in [0.5, 0.6) is 0 Å². The molecule has 1 N–H and O–H groups in total. The topological polar surface area (TPSA) is 40.5 Å². The molecule has 1 heterocycles. The Hall–Kier alpha value is -2.65. The van der Waals surface area contributed by atoms with E-state index in [1.165, 1.54) is 11.1 Å². The highest BCUT2D eigenvalue weighted by Crippen LogP contribution is 2.57. The molecule has 0 spiro atoms. The van der Waals surface area contributed by atoms with Crippen LogP contribution in [0, 0.1) is 18.3 Å². The summed E-state index contributed by atoms with van der Waals surface area (Å²) >= 11 is 0. The van der Waals surface area contributed by atoms with Gasteiger partial charge in [0.15, 0.2) is 0 Å². The van der Waals surface area contributed by atoms with Gasteiger partial charge in [0.25, 0.3) is 5.91 Å². The van der Waals surface area contributed by atoms with Crippen molar-refractivity contribution in [2.45, 2.75) is 13.3 Å². The molecule has 27 heavy (non-hydrogen) atoms. The van der Waals surface area contributed by atoms with Gasteiger partial charge in [-0.3, -0.25) is 4.79 Å². The fourth-order valence-electron chi connectivity index (χ4n) is 4.77. The molecule has 2 aliphatic rings. The number of nitrogens with zero attached hydrogens (tertiary/aromatic N) is 1. The smallest absolute Gasteiger partial charge is 0.254 e. The van der Waals surface area contributed by atoms with Crippen molar-refractivity contribution in [3.05, 3.63) is 71.8 Å². The molecule has 0 unspecified atom stereocenters. The molecule has 1 saturated carbocycles. The van der Waals surface area contributed by atoms with Gasteiger partial charge in [0, 0.05) is 24.1 Å². The normalized spacial score (nSPS) is 23.5. The molecule has 3 nitrogen and oxygen atoms in total. The van der Waals surface area contributed by atoms with Crippen molar-refractivity contribution < 1.29 is 9.90 Å². The highest BCUT2D eigenvalue weighted by Gasteiger charge is 2.60. The Bertz CT molecular complexity index is 1050. The lowest BCUT2D eigenvalue weighted by molar-refractivity contribution is 0.0753. The largest absolute Gasteiger partial charge is 0.396 e. The van der Waals surface area contributed by atoms with Crippen molar-refractivity contribution in [2.75, 3.05) is 19.7 Å². The van der Waals surface area contributed by atoms with Gasteiger partial charge in [-0.15, -0.1) is 0 Å². The zero-order valence-electron chi connectivity index (χ0n) is 15.5. The monoisotopic (exact) mass is 357 g/mol. The van der Waals surface area contributed by atoms with Crippen LogP contribution in [0.2, 0.25) is 0 Å². The van der Waals surface area contributed by atoms with E-state index in [4.69, 9.17) is 0 Å². The first kappa shape index (κ1) is 16.5. The van der Waals surface area contributed by atoms with E-state index in [0.717, 1.165) is 34.9 Å². The highest BCUT2D eigenvalue weighted by molar-refractivity contribution is 6.10. The van der Waals surface area contributed by atoms with Crippen molar-refractivity contribution in [3.63, 3.8) is 0 Å². The second-order valence-electron chi connectivity index (χ2n) is 8.13. The Morgan fingerprint density at radius 1 is 1.04 bits per heavy atom. The minimum absolute atomic E-state index is 0.0213. The molecular formula is C24H23NO2. The molecule has 1 saturated heterocycles. The maximum atomic E-state index is 13.2. The number of hydrogen-bond donors (Lipinski definition) is 1. The fourth-order valence-corrected chi connectivity index (χ4v) is 4.77. The average Bonchev–Trinajstić information content (AvgIpc) is 3.27. The van der Waals surface area contributed by atoms with E-state index in [1.807, 2.05) is 29.2 Å². The zero-order chi connectivity index (χ0) is 18.6. The molecule has 0 radical (unpaired) electrons. The quantitative estimate of drug-likeness (QED) is 0.760. The molecular weight excluding hydrogens is 334 g/mol. The van der Waals surface area contributed by atoms with Crippen molar-refractivity contribution in [1.82, 2.24) is 4.90 Å². The molecule has 0 aromatic heterocycles. The first-order chi connectivity index (χ1) is 13.1. The highest BCUT2D eigenvalue weighted by atomic mass is 16.3. The van der Waals surface area contributed by atoms with Gasteiger partial charge in [0.2, 0.25) is 0 Å². The van der Waals surface area contributed by atoms with Crippen LogP contribution in [0.15, 0.2) is 60.7 Å². The van der Waals surface area contributed by atoms with Crippen LogP contribution in [0.1, 0.15) is 22.3 Å². The number of carbonyl (C=O) groups is 1. The Labute approximate surface area is 159 Å². The maximum Gasteiger partial charge on any atom is 0.254 e. The predicted molar refractivity (Wildman–Crippen MR) is 108 cm³/mol. The second kappa shape index (κ2) is 5.93. The third-order valence-corrected chi connectivity index (χ3v) is 6.50. The van der Waals surface area contributed by atoms with Crippen LogP contribution in [-0.4, -0.2) is 35.6 Å². The summed E-state index contributed by atoms with van der Waals surface area (Å²) in [6.45, 7) is 3.76. The van der Waals surface area contributed by atoms with Crippen LogP contribution >= 0.6 is 0 Å². The number of carbonyl (C=O) groups excluding carboxylic acids is 1. The number of benzene rings is 3. The van der Waals surface area contributed by atoms with Gasteiger partial charge in [-0.25, -0.2) is 0 Å². The van der Waals surface area contributed by atoms with E-state index < -0.39 is 0 Å². The molecule has 3 aromatic rings. The Morgan fingerprint density at radius 2 is 1.78 bits per heavy atom. The van der Waals surface area contributed by atoms with E-state index in [2.05, 4.69) is 43.3 Å². The molecule has 1 aliphatic carbocycles. The molecule has 136 valence electrons. The van der Waals surface area contributed by atoms with Gasteiger partial charge in [0.05, 0.1) is 6.61 Å². The number of aliphatic hydroxyl groups excluding tert-OH is 1. The van der Waals surface area contributed by atoms with Crippen LogP contribution in [0.3, 0.4) is 0 Å². The number of likely N-dealkylation sites (tertiary alicyclic amines) is 1. The summed E-state index contributed by atoms with van der Waals surface area (Å²) < 4.78 is 0. The lowest BCUT2D eigenvalue weighted by Crippen LogP contribution is -2.32. The summed E-state index contributed by atoms with van der Waals surface area (Å²) in [7, 11) is 0. The van der Waals surface area contributed by atoms with Crippen LogP contribution in [0.25, 0.3) is 21.9 Å². The van der Waals surface area contributed by atoms with E-state index in [0.29, 0.717) is 12.5 Å². The summed E-state index contributed by atoms with van der Waals surface area (Å²) in [5.74, 6) is 0.562. The Morgan fingerprint density at radius 3 is 2.56 bits per heavy atom. The van der Waals surface area contributed by atoms with Crippen LogP contribution in [-0.2, 0) is 0 Å². The maximum absolute atomic E-state index is 13.2. The number of hydrogen-bond acceptors (Lipinski definition) is 2. The van der Waals surface area contributed by atoms with Crippen molar-refractivity contribution in [1.29, 1.82) is 0 Å². The molecule has 0 bridgehead atoms. The Kier molecular flexibility index (Phi) is 3.63. The lowest BCUT2D eigenvalue weighted by atomic mass is 9.93. The Balaban J connectivity index is 1.58. The van der Waals surface area contributed by atoms with E-state index >= 15 is 0 Å². The molecule has 1 amide bonds. The van der Waals surface area contributed by atoms with Crippen LogP contribution in [0.4, 0.5) is 0 Å². The van der Waals surface area contributed by atoms with E-state index in [-0.39, 0.29) is 17.9 Å². The number of amides is 1. The first-order valence-electron chi connectivity index (χ1n) is 9.61. The fraction of sp³-hybridized carbons (Fsp3) is 0.292. The molecule has 2 fully saturated rings. The van der Waals surface area contributed by atoms with Crippen molar-refractivity contribution >= 4 is 16.7 Å². The third-order valence-electron chi connectivity index (χ3n) is 6.50. The minimum Gasteiger partial charge on any atom is -0.396 e. The van der Waals surface area contributed by atoms with E-state index in [9.17, 15) is 9.90 Å². The minimum atomic E-state index is -0.0213. The number of piperidine rings is 1. The number of rotatable bonds is 3. The predicted octanol–water partition coefficient (Wildman–Crippen LogP) is 4.27. The summed E-state index contributed by atoms with van der Waals surface area (Å²) in [4.78, 5) is 15.2. The number of aliphatic hydroxyl groups is 1. The van der Waals surface area contributed by atoms with Gasteiger partial charge in [0.1, 0.15) is 0 Å². The number of aryl methyl sites for hydroxylation is 1. The molecule has 3 aromatic carbocycles. The lowest BCUT2D eigenvalue weighted by Gasteiger charge is -2.21. The second-order valence-corrected chi connectivity index (χ2v) is 8.13. The number of fused-ring (bicyclic) bond motifs is 2. The van der Waals surface area contributed by atoms with Gasteiger partial charge < -0.3 is 10.0 Å². The standard InChI is InChI=1S/C24H23NO2/c1-16-6-2-3-7-18(16)19-8-4-10-21-20(19)9-5-11-22(21)23(27)25-13-17-12-24(17,14-25)15-26/h2-11,17,26H,12-15H2,1H3/t17-,24+/m1/s1. The van der Waals surface area contributed by atoms with Crippen LogP contribution < -0.4 is 0 Å². The van der Waals surface area contributed by atoms with Gasteiger partial charge in [-0.05, 0) is 52.8 Å². The van der Waals surface area contributed by atoms with Gasteiger partial charge in [-0.2, -0.15) is 0 Å². The SMILES string of the molecule is Cc1ccccc1-c1cccc2c(C(=O)N3C[C@H]4C[C@@]4(CO)C3)cccc12. The third kappa shape index (κ3) is 2.49. The molecule has 3 heteroatoms. The summed E-state index contributed by atoms with van der Waals surface area (Å²) in [5.41, 5.74) is 4.33. The van der Waals surface area contributed by atoms with Gasteiger partial charge in [-0.1, -0.05) is 54.6 Å². The summed E-state index contributed by atoms with van der Waals surface area (Å²) in [6.07, 6.45) is 1.06. The molecule has 2 atom stereocenters. The van der Waals surface area contributed by atoms with Gasteiger partial charge >= 0.3 is 0 Å². The summed E-state index contributed by atoms with van der Waals surface area (Å²) in [6, 6.07) is 20.6. The first-order valence-corrected chi connectivity index (χ1v) is 9.61. The molecule has 5 rings (SSSR count). The van der Waals surface area contributed by atoms with Crippen molar-refractivity contribution in [3.8, 4) is 11.1 Å². The van der Waals surface area contributed by atoms with E-state index in [1.54, 1.807) is 0 Å². The summed E-state index contributed by atoms with van der Waals surface area (Å²) in [5, 5.41) is 11.8. The van der Waals surface area contributed by atoms with Crippen molar-refractivity contribution in [2.24, 2.45) is 11.3 Å².